The highest BCUT2D eigenvalue weighted by atomic mass is 16.6. The predicted molar refractivity (Wildman–Crippen MR) is 115 cm³/mol. The summed E-state index contributed by atoms with van der Waals surface area (Å²) in [7, 11) is 1.54. The molecule has 1 fully saturated rings. The zero-order valence-corrected chi connectivity index (χ0v) is 19.3. The molecule has 170 valence electrons. The molecule has 0 radical (unpaired) electrons. The molecule has 29 heavy (non-hydrogen) atoms. The van der Waals surface area contributed by atoms with E-state index < -0.39 is 24.0 Å². The van der Waals surface area contributed by atoms with Gasteiger partial charge in [-0.1, -0.05) is 64.7 Å². The summed E-state index contributed by atoms with van der Waals surface area (Å²) in [5.41, 5.74) is -0.623. The van der Waals surface area contributed by atoms with Crippen molar-refractivity contribution in [3.63, 3.8) is 0 Å². The normalized spacial score (nSPS) is 19.4. The van der Waals surface area contributed by atoms with Crippen LogP contribution in [0.1, 0.15) is 105 Å². The smallest absolute Gasteiger partial charge is 0.413 e. The molecule has 0 saturated carbocycles. The van der Waals surface area contributed by atoms with E-state index in [2.05, 4.69) is 6.92 Å². The van der Waals surface area contributed by atoms with E-state index in [1.807, 2.05) is 0 Å². The quantitative estimate of drug-likeness (QED) is 0.281. The second-order valence-corrected chi connectivity index (χ2v) is 9.02. The average Bonchev–Trinajstić information content (AvgIpc) is 3.09. The molecule has 1 unspecified atom stereocenters. The van der Waals surface area contributed by atoms with Gasteiger partial charge in [0.25, 0.3) is 0 Å². The minimum atomic E-state index is -0.627. The van der Waals surface area contributed by atoms with E-state index in [0.717, 1.165) is 12.8 Å². The second kappa shape index (κ2) is 13.8. The summed E-state index contributed by atoms with van der Waals surface area (Å²) < 4.78 is 16.3. The Hall–Kier alpha value is -1.30. The molecule has 0 N–H and O–H groups in total. The van der Waals surface area contributed by atoms with E-state index in [4.69, 9.17) is 14.2 Å². The molecule has 1 aliphatic heterocycles. The molecule has 6 heteroatoms. The minimum Gasteiger partial charge on any atom is -0.464 e. The maximum atomic E-state index is 12.5. The Kier molecular flexibility index (Phi) is 12.3. The Balaban J connectivity index is 2.26. The summed E-state index contributed by atoms with van der Waals surface area (Å²) >= 11 is 0. The van der Waals surface area contributed by atoms with Crippen LogP contribution in [0.3, 0.4) is 0 Å². The van der Waals surface area contributed by atoms with Crippen molar-refractivity contribution in [3.05, 3.63) is 0 Å². The Labute approximate surface area is 177 Å². The third-order valence-electron chi connectivity index (χ3n) is 5.22. The fourth-order valence-corrected chi connectivity index (χ4v) is 3.66. The first-order valence-corrected chi connectivity index (χ1v) is 11.5. The van der Waals surface area contributed by atoms with Crippen molar-refractivity contribution in [2.75, 3.05) is 13.7 Å². The Bertz CT molecular complexity index is 474. The summed E-state index contributed by atoms with van der Waals surface area (Å²) in [4.78, 5) is 26.4. The van der Waals surface area contributed by atoms with Crippen LogP contribution in [0.2, 0.25) is 0 Å². The molecule has 0 aliphatic carbocycles. The van der Waals surface area contributed by atoms with Gasteiger partial charge in [-0.2, -0.15) is 0 Å². The lowest BCUT2D eigenvalue weighted by Crippen LogP contribution is -2.48. The van der Waals surface area contributed by atoms with Crippen LogP contribution in [-0.2, 0) is 19.0 Å². The van der Waals surface area contributed by atoms with Crippen LogP contribution in [0.15, 0.2) is 0 Å². The lowest BCUT2D eigenvalue weighted by molar-refractivity contribution is -0.151. The summed E-state index contributed by atoms with van der Waals surface area (Å²) in [5.74, 6) is -0.355. The molecule has 1 amide bonds. The number of carbonyl (C=O) groups excluding carboxylic acids is 2. The molecule has 1 aliphatic rings. The van der Waals surface area contributed by atoms with Crippen molar-refractivity contribution in [2.45, 2.75) is 123 Å². The topological polar surface area (TPSA) is 65.1 Å². The van der Waals surface area contributed by atoms with E-state index in [-0.39, 0.29) is 5.97 Å². The van der Waals surface area contributed by atoms with Gasteiger partial charge in [0.15, 0.2) is 0 Å². The van der Waals surface area contributed by atoms with Crippen molar-refractivity contribution >= 4 is 12.1 Å². The monoisotopic (exact) mass is 413 g/mol. The first-order valence-electron chi connectivity index (χ1n) is 11.5. The highest BCUT2D eigenvalue weighted by Gasteiger charge is 2.44. The highest BCUT2D eigenvalue weighted by molar-refractivity contribution is 5.82. The number of rotatable bonds is 13. The zero-order valence-electron chi connectivity index (χ0n) is 19.3. The zero-order chi connectivity index (χ0) is 21.7. The number of hydrogen-bond donors (Lipinski definition) is 0. The van der Waals surface area contributed by atoms with Crippen molar-refractivity contribution in [1.82, 2.24) is 4.90 Å². The minimum absolute atomic E-state index is 0.355. The molecule has 0 aromatic rings. The molecule has 0 bridgehead atoms. The molecule has 0 spiro atoms. The van der Waals surface area contributed by atoms with E-state index in [0.29, 0.717) is 19.4 Å². The molecule has 0 aromatic carbocycles. The van der Waals surface area contributed by atoms with Crippen LogP contribution in [-0.4, -0.2) is 48.5 Å². The third kappa shape index (κ3) is 10.3. The molecule has 1 saturated heterocycles. The summed E-state index contributed by atoms with van der Waals surface area (Å²) in [6.07, 6.45) is 12.5. The van der Waals surface area contributed by atoms with Gasteiger partial charge in [-0.25, -0.2) is 9.59 Å². The number of nitrogens with zero attached hydrogens (tertiary/aromatic N) is 1. The van der Waals surface area contributed by atoms with Crippen LogP contribution in [0.5, 0.6) is 0 Å². The van der Waals surface area contributed by atoms with Crippen LogP contribution in [0.25, 0.3) is 0 Å². The fraction of sp³-hybridized carbons (Fsp3) is 0.913. The molecule has 1 rings (SSSR count). The first-order chi connectivity index (χ1) is 13.8. The summed E-state index contributed by atoms with van der Waals surface area (Å²) in [6.45, 7) is 8.07. The van der Waals surface area contributed by atoms with Gasteiger partial charge in [0.2, 0.25) is 0 Å². The fourth-order valence-electron chi connectivity index (χ4n) is 3.66. The van der Waals surface area contributed by atoms with E-state index in [9.17, 15) is 9.59 Å². The molecular weight excluding hydrogens is 370 g/mol. The van der Waals surface area contributed by atoms with Crippen molar-refractivity contribution in [2.24, 2.45) is 0 Å². The van der Waals surface area contributed by atoms with Gasteiger partial charge in [-0.05, 0) is 40.0 Å². The number of amides is 1. The summed E-state index contributed by atoms with van der Waals surface area (Å²) in [6, 6.07) is -0.627. The van der Waals surface area contributed by atoms with Gasteiger partial charge < -0.3 is 14.2 Å². The predicted octanol–water partition coefficient (Wildman–Crippen LogP) is 5.82. The van der Waals surface area contributed by atoms with E-state index in [1.165, 1.54) is 56.3 Å². The number of ether oxygens (including phenoxy) is 3. The average molecular weight is 414 g/mol. The van der Waals surface area contributed by atoms with E-state index in [1.54, 1.807) is 27.9 Å². The number of unbranched alkanes of at least 4 members (excludes halogenated alkanes) is 9. The second-order valence-electron chi connectivity index (χ2n) is 9.02. The number of methoxy groups -OCH3 is 1. The number of esters is 1. The Morgan fingerprint density at radius 1 is 0.897 bits per heavy atom. The molecule has 1 heterocycles. The largest absolute Gasteiger partial charge is 0.464 e. The van der Waals surface area contributed by atoms with Gasteiger partial charge in [-0.15, -0.1) is 0 Å². The maximum absolute atomic E-state index is 12.5. The maximum Gasteiger partial charge on any atom is 0.413 e. The van der Waals surface area contributed by atoms with Gasteiger partial charge in [-0.3, -0.25) is 4.90 Å². The van der Waals surface area contributed by atoms with Gasteiger partial charge in [0.1, 0.15) is 17.9 Å². The lowest BCUT2D eigenvalue weighted by atomic mass is 10.1. The summed E-state index contributed by atoms with van der Waals surface area (Å²) in [5, 5.41) is 0. The number of carbonyl (C=O) groups is 2. The van der Waals surface area contributed by atoms with Crippen LogP contribution < -0.4 is 0 Å². The van der Waals surface area contributed by atoms with Crippen LogP contribution in [0, 0.1) is 0 Å². The molecular formula is C23H43NO5. The first kappa shape index (κ1) is 25.7. The molecule has 6 nitrogen and oxygen atoms in total. The van der Waals surface area contributed by atoms with Crippen molar-refractivity contribution in [3.8, 4) is 0 Å². The van der Waals surface area contributed by atoms with Crippen LogP contribution in [0.4, 0.5) is 4.79 Å². The Morgan fingerprint density at radius 2 is 1.45 bits per heavy atom. The van der Waals surface area contributed by atoms with Crippen molar-refractivity contribution in [1.29, 1.82) is 0 Å². The standard InChI is InChI=1S/C23H43NO5/c1-6-7-8-9-10-11-12-13-14-15-18-28-21(25)19-16-17-20(27-5)24(19)22(26)29-23(2,3)4/h19-20H,6-18H2,1-5H3/t19-,20?/m0/s1. The van der Waals surface area contributed by atoms with Crippen LogP contribution >= 0.6 is 0 Å². The molecule has 2 atom stereocenters. The van der Waals surface area contributed by atoms with E-state index >= 15 is 0 Å². The van der Waals surface area contributed by atoms with Gasteiger partial charge in [0.05, 0.1) is 6.61 Å². The Morgan fingerprint density at radius 3 is 1.97 bits per heavy atom. The lowest BCUT2D eigenvalue weighted by Gasteiger charge is -2.30. The molecule has 0 aromatic heterocycles. The third-order valence-corrected chi connectivity index (χ3v) is 5.22. The number of hydrogen-bond acceptors (Lipinski definition) is 5. The van der Waals surface area contributed by atoms with Gasteiger partial charge >= 0.3 is 12.1 Å². The number of likely N-dealkylation sites (tertiary alicyclic amines) is 1. The highest BCUT2D eigenvalue weighted by Crippen LogP contribution is 2.28. The SMILES string of the molecule is CCCCCCCCCCCCOC(=O)[C@@H]1CCC(OC)N1C(=O)OC(C)(C)C. The van der Waals surface area contributed by atoms with Crippen molar-refractivity contribution < 1.29 is 23.8 Å². The van der Waals surface area contributed by atoms with Gasteiger partial charge in [0, 0.05) is 7.11 Å².